The van der Waals surface area contributed by atoms with E-state index in [0.717, 1.165) is 0 Å². The fraction of sp³-hybridized carbons (Fsp3) is 0.286. The zero-order valence-electron chi connectivity index (χ0n) is 11.5. The van der Waals surface area contributed by atoms with Crippen LogP contribution in [-0.4, -0.2) is 29.9 Å². The summed E-state index contributed by atoms with van der Waals surface area (Å²) in [6.07, 6.45) is 1.34. The Morgan fingerprint density at radius 2 is 2.00 bits per heavy atom. The van der Waals surface area contributed by atoms with Gasteiger partial charge in [-0.1, -0.05) is 0 Å². The van der Waals surface area contributed by atoms with E-state index in [1.54, 1.807) is 16.7 Å². The van der Waals surface area contributed by atoms with E-state index < -0.39 is 11.4 Å². The molecule has 1 N–H and O–H groups in total. The van der Waals surface area contributed by atoms with Crippen LogP contribution in [0.25, 0.3) is 10.9 Å². The predicted molar refractivity (Wildman–Crippen MR) is 73.9 cm³/mol. The summed E-state index contributed by atoms with van der Waals surface area (Å²) in [4.78, 5) is 23.5. The van der Waals surface area contributed by atoms with Crippen LogP contribution in [0.1, 0.15) is 17.3 Å². The van der Waals surface area contributed by atoms with Gasteiger partial charge >= 0.3 is 5.97 Å². The number of nitrogens with zero attached hydrogens (tertiary/aromatic N) is 1. The first-order valence-corrected chi connectivity index (χ1v) is 6.06. The molecule has 0 aliphatic rings. The zero-order valence-corrected chi connectivity index (χ0v) is 11.5. The van der Waals surface area contributed by atoms with Crippen LogP contribution in [0.3, 0.4) is 0 Å². The number of benzene rings is 1. The number of methoxy groups -OCH3 is 2. The number of carbonyl (C=O) groups is 1. The Kier molecular flexibility index (Phi) is 3.65. The van der Waals surface area contributed by atoms with Gasteiger partial charge in [0.1, 0.15) is 17.1 Å². The molecule has 0 saturated heterocycles. The Morgan fingerprint density at radius 1 is 1.30 bits per heavy atom. The lowest BCUT2D eigenvalue weighted by atomic mass is 10.1. The maximum absolute atomic E-state index is 12.3. The van der Waals surface area contributed by atoms with E-state index >= 15 is 0 Å². The number of fused-ring (bicyclic) bond motifs is 1. The molecule has 0 amide bonds. The lowest BCUT2D eigenvalue weighted by Gasteiger charge is -2.14. The third-order valence-electron chi connectivity index (χ3n) is 3.15. The molecule has 0 spiro atoms. The third-order valence-corrected chi connectivity index (χ3v) is 3.15. The van der Waals surface area contributed by atoms with Crippen molar-refractivity contribution < 1.29 is 19.4 Å². The van der Waals surface area contributed by atoms with Gasteiger partial charge in [-0.05, 0) is 6.92 Å². The SMILES string of the molecule is CCn1cc(C(=O)O)c(=O)c2c(OC)cc(OC)cc21. The number of rotatable bonds is 4. The highest BCUT2D eigenvalue weighted by molar-refractivity contribution is 5.95. The second-order valence-corrected chi connectivity index (χ2v) is 4.19. The Labute approximate surface area is 115 Å². The van der Waals surface area contributed by atoms with Crippen LogP contribution >= 0.6 is 0 Å². The molecule has 1 aromatic heterocycles. The largest absolute Gasteiger partial charge is 0.497 e. The normalized spacial score (nSPS) is 10.6. The molecule has 6 nitrogen and oxygen atoms in total. The second kappa shape index (κ2) is 5.24. The molecule has 0 unspecified atom stereocenters. The summed E-state index contributed by atoms with van der Waals surface area (Å²) in [6.45, 7) is 2.38. The summed E-state index contributed by atoms with van der Waals surface area (Å²) in [5.74, 6) is -0.411. The second-order valence-electron chi connectivity index (χ2n) is 4.19. The summed E-state index contributed by atoms with van der Waals surface area (Å²) in [5, 5.41) is 9.38. The number of carboxylic acids is 1. The number of ether oxygens (including phenoxy) is 2. The highest BCUT2D eigenvalue weighted by Crippen LogP contribution is 2.29. The molecule has 0 fully saturated rings. The number of hydrogen-bond acceptors (Lipinski definition) is 4. The van der Waals surface area contributed by atoms with Crippen molar-refractivity contribution in [3.05, 3.63) is 34.1 Å². The highest BCUT2D eigenvalue weighted by Gasteiger charge is 2.18. The average Bonchev–Trinajstić information content (AvgIpc) is 2.45. The third kappa shape index (κ3) is 2.09. The quantitative estimate of drug-likeness (QED) is 0.921. The van der Waals surface area contributed by atoms with Crippen LogP contribution in [0.2, 0.25) is 0 Å². The molecule has 0 atom stereocenters. The van der Waals surface area contributed by atoms with E-state index in [9.17, 15) is 9.59 Å². The van der Waals surface area contributed by atoms with Gasteiger partial charge in [0.15, 0.2) is 0 Å². The van der Waals surface area contributed by atoms with Gasteiger partial charge in [-0.15, -0.1) is 0 Å². The number of aromatic nitrogens is 1. The van der Waals surface area contributed by atoms with Crippen molar-refractivity contribution in [2.75, 3.05) is 14.2 Å². The van der Waals surface area contributed by atoms with Gasteiger partial charge in [0, 0.05) is 24.9 Å². The highest BCUT2D eigenvalue weighted by atomic mass is 16.5. The minimum Gasteiger partial charge on any atom is -0.497 e. The molecule has 1 aromatic carbocycles. The van der Waals surface area contributed by atoms with Crippen LogP contribution in [0, 0.1) is 0 Å². The fourth-order valence-corrected chi connectivity index (χ4v) is 2.14. The van der Waals surface area contributed by atoms with Gasteiger partial charge in [0.2, 0.25) is 5.43 Å². The molecule has 0 saturated carbocycles. The molecule has 2 rings (SSSR count). The Morgan fingerprint density at radius 3 is 2.50 bits per heavy atom. The average molecular weight is 277 g/mol. The smallest absolute Gasteiger partial charge is 0.341 e. The topological polar surface area (TPSA) is 77.8 Å². The number of aromatic carboxylic acids is 1. The molecule has 106 valence electrons. The van der Waals surface area contributed by atoms with Crippen molar-refractivity contribution in [2.45, 2.75) is 13.5 Å². The number of carboxylic acid groups (broad SMARTS) is 1. The van der Waals surface area contributed by atoms with Crippen molar-refractivity contribution in [3.63, 3.8) is 0 Å². The van der Waals surface area contributed by atoms with Gasteiger partial charge < -0.3 is 19.1 Å². The summed E-state index contributed by atoms with van der Waals surface area (Å²) in [7, 11) is 2.94. The molecule has 0 radical (unpaired) electrons. The number of aryl methyl sites for hydroxylation is 1. The van der Waals surface area contributed by atoms with Crippen LogP contribution in [0.4, 0.5) is 0 Å². The number of hydrogen-bond donors (Lipinski definition) is 1. The summed E-state index contributed by atoms with van der Waals surface area (Å²) >= 11 is 0. The molecule has 6 heteroatoms. The minimum absolute atomic E-state index is 0.245. The number of pyridine rings is 1. The minimum atomic E-state index is -1.25. The Balaban J connectivity index is 3.00. The van der Waals surface area contributed by atoms with Gasteiger partial charge in [-0.2, -0.15) is 0 Å². The molecule has 2 aromatic rings. The zero-order chi connectivity index (χ0) is 14.9. The van der Waals surface area contributed by atoms with Crippen LogP contribution in [-0.2, 0) is 6.54 Å². The molecular formula is C14H15NO5. The van der Waals surface area contributed by atoms with Crippen LogP contribution in [0.15, 0.2) is 23.1 Å². The summed E-state index contributed by atoms with van der Waals surface area (Å²) in [6, 6.07) is 3.25. The Bertz CT molecular complexity index is 732. The first-order chi connectivity index (χ1) is 9.53. The monoisotopic (exact) mass is 277 g/mol. The maximum atomic E-state index is 12.3. The van der Waals surface area contributed by atoms with E-state index in [1.807, 2.05) is 6.92 Å². The lowest BCUT2D eigenvalue weighted by molar-refractivity contribution is 0.0695. The van der Waals surface area contributed by atoms with Gasteiger partial charge in [0.05, 0.1) is 25.1 Å². The maximum Gasteiger partial charge on any atom is 0.341 e. The summed E-state index contributed by atoms with van der Waals surface area (Å²) in [5.41, 5.74) is -0.252. The molecule has 0 aliphatic carbocycles. The van der Waals surface area contributed by atoms with Crippen molar-refractivity contribution in [3.8, 4) is 11.5 Å². The van der Waals surface area contributed by atoms with E-state index in [0.29, 0.717) is 23.6 Å². The lowest BCUT2D eigenvalue weighted by Crippen LogP contribution is -2.19. The van der Waals surface area contributed by atoms with Crippen LogP contribution < -0.4 is 14.9 Å². The molecule has 0 bridgehead atoms. The molecule has 1 heterocycles. The van der Waals surface area contributed by atoms with Gasteiger partial charge in [-0.25, -0.2) is 4.79 Å². The van der Waals surface area contributed by atoms with Crippen LogP contribution in [0.5, 0.6) is 11.5 Å². The first-order valence-electron chi connectivity index (χ1n) is 6.06. The van der Waals surface area contributed by atoms with E-state index in [4.69, 9.17) is 14.6 Å². The predicted octanol–water partition coefficient (Wildman–Crippen LogP) is 1.74. The van der Waals surface area contributed by atoms with Gasteiger partial charge in [-0.3, -0.25) is 4.79 Å². The fourth-order valence-electron chi connectivity index (χ4n) is 2.14. The standard InChI is InChI=1S/C14H15NO5/c1-4-15-7-9(14(17)18)13(16)12-10(15)5-8(19-2)6-11(12)20-3/h5-7H,4H2,1-3H3,(H,17,18). The van der Waals surface area contributed by atoms with E-state index in [2.05, 4.69) is 0 Å². The van der Waals surface area contributed by atoms with Crippen molar-refractivity contribution in [2.24, 2.45) is 0 Å². The first kappa shape index (κ1) is 13.9. The van der Waals surface area contributed by atoms with Crippen molar-refractivity contribution in [1.29, 1.82) is 0 Å². The summed E-state index contributed by atoms with van der Waals surface area (Å²) < 4.78 is 12.1. The van der Waals surface area contributed by atoms with E-state index in [-0.39, 0.29) is 10.9 Å². The Hall–Kier alpha value is -2.50. The molecule has 20 heavy (non-hydrogen) atoms. The van der Waals surface area contributed by atoms with Crippen molar-refractivity contribution in [1.82, 2.24) is 4.57 Å². The molecular weight excluding hydrogens is 262 g/mol. The van der Waals surface area contributed by atoms with Gasteiger partial charge in [0.25, 0.3) is 0 Å². The van der Waals surface area contributed by atoms with Crippen molar-refractivity contribution >= 4 is 16.9 Å². The van der Waals surface area contributed by atoms with E-state index in [1.165, 1.54) is 20.4 Å². The molecule has 0 aliphatic heterocycles.